The van der Waals surface area contributed by atoms with E-state index in [0.717, 1.165) is 4.47 Å². The number of carboxylic acid groups (broad SMARTS) is 1. The Morgan fingerprint density at radius 3 is 2.40 bits per heavy atom. The zero-order chi connectivity index (χ0) is 18.8. The van der Waals surface area contributed by atoms with Gasteiger partial charge in [0.05, 0.1) is 4.90 Å². The Balaban J connectivity index is 2.24. The zero-order valence-electron chi connectivity index (χ0n) is 14.0. The third kappa shape index (κ3) is 4.59. The predicted octanol–water partition coefficient (Wildman–Crippen LogP) is 1.83. The van der Waals surface area contributed by atoms with Crippen molar-refractivity contribution >= 4 is 37.8 Å². The highest BCUT2D eigenvalue weighted by Gasteiger charge is 2.39. The van der Waals surface area contributed by atoms with Crippen molar-refractivity contribution in [3.63, 3.8) is 0 Å². The summed E-state index contributed by atoms with van der Waals surface area (Å²) in [6, 6.07) is 4.15. The number of carbonyl (C=O) groups is 2. The van der Waals surface area contributed by atoms with Crippen molar-refractivity contribution < 1.29 is 23.1 Å². The summed E-state index contributed by atoms with van der Waals surface area (Å²) >= 11 is 3.24. The monoisotopic (exact) mass is 432 g/mol. The van der Waals surface area contributed by atoms with Crippen molar-refractivity contribution in [3.8, 4) is 0 Å². The van der Waals surface area contributed by atoms with Gasteiger partial charge in [-0.2, -0.15) is 4.72 Å². The Labute approximate surface area is 155 Å². The molecule has 1 heterocycles. The Hall–Kier alpha value is -1.45. The minimum atomic E-state index is -3.90. The van der Waals surface area contributed by atoms with E-state index in [-0.39, 0.29) is 10.8 Å². The number of hydrogen-bond acceptors (Lipinski definition) is 4. The lowest BCUT2D eigenvalue weighted by atomic mass is 10.0. The van der Waals surface area contributed by atoms with Crippen molar-refractivity contribution in [2.75, 3.05) is 6.54 Å². The highest BCUT2D eigenvalue weighted by atomic mass is 79.9. The summed E-state index contributed by atoms with van der Waals surface area (Å²) in [6.45, 7) is 3.76. The van der Waals surface area contributed by atoms with Crippen LogP contribution >= 0.6 is 15.9 Å². The first-order chi connectivity index (χ1) is 11.6. The lowest BCUT2D eigenvalue weighted by Gasteiger charge is -2.29. The summed E-state index contributed by atoms with van der Waals surface area (Å²) in [5.74, 6) is -1.89. The molecule has 1 aliphatic heterocycles. The quantitative estimate of drug-likeness (QED) is 0.713. The van der Waals surface area contributed by atoms with Gasteiger partial charge >= 0.3 is 5.97 Å². The smallest absolute Gasteiger partial charge is 0.326 e. The highest BCUT2D eigenvalue weighted by molar-refractivity contribution is 9.10. The van der Waals surface area contributed by atoms with Crippen molar-refractivity contribution in [1.29, 1.82) is 0 Å². The standard InChI is InChI=1S/C16H21BrN2O5S/c1-10(2)14(15(20)19-9-3-4-13(19)16(21)22)18-25(23,24)12-7-5-11(17)6-8-12/h5-8,10,13-14,18H,3-4,9H2,1-2H3,(H,21,22)/t13-,14?/m0/s1. The normalized spacial score (nSPS) is 19.2. The molecule has 2 rings (SSSR count). The minimum Gasteiger partial charge on any atom is -0.480 e. The van der Waals surface area contributed by atoms with Crippen LogP contribution in [-0.4, -0.2) is 48.9 Å². The summed E-state index contributed by atoms with van der Waals surface area (Å²) in [5, 5.41) is 9.25. The Morgan fingerprint density at radius 1 is 1.28 bits per heavy atom. The van der Waals surface area contributed by atoms with Crippen molar-refractivity contribution in [2.45, 2.75) is 43.7 Å². The predicted molar refractivity (Wildman–Crippen MR) is 95.5 cm³/mol. The Bertz CT molecular complexity index is 748. The second-order valence-electron chi connectivity index (χ2n) is 6.32. The Morgan fingerprint density at radius 2 is 1.88 bits per heavy atom. The van der Waals surface area contributed by atoms with Gasteiger partial charge in [0.25, 0.3) is 0 Å². The molecule has 0 bridgehead atoms. The van der Waals surface area contributed by atoms with Gasteiger partial charge in [-0.3, -0.25) is 4.79 Å². The van der Waals surface area contributed by atoms with E-state index in [4.69, 9.17) is 0 Å². The first-order valence-corrected chi connectivity index (χ1v) is 10.2. The van der Waals surface area contributed by atoms with Gasteiger partial charge in [-0.25, -0.2) is 13.2 Å². The minimum absolute atomic E-state index is 0.0466. The molecule has 2 N–H and O–H groups in total. The van der Waals surface area contributed by atoms with E-state index >= 15 is 0 Å². The summed E-state index contributed by atoms with van der Waals surface area (Å²) in [4.78, 5) is 25.4. The van der Waals surface area contributed by atoms with Gasteiger partial charge in [0.2, 0.25) is 15.9 Å². The third-order valence-electron chi connectivity index (χ3n) is 4.16. The van der Waals surface area contributed by atoms with Gasteiger partial charge in [-0.15, -0.1) is 0 Å². The molecule has 0 aliphatic carbocycles. The molecule has 0 aromatic heterocycles. The largest absolute Gasteiger partial charge is 0.480 e. The number of carboxylic acids is 1. The van der Waals surface area contributed by atoms with Crippen LogP contribution in [0.2, 0.25) is 0 Å². The van der Waals surface area contributed by atoms with Crippen LogP contribution in [0.1, 0.15) is 26.7 Å². The fraction of sp³-hybridized carbons (Fsp3) is 0.500. The molecule has 0 spiro atoms. The lowest BCUT2D eigenvalue weighted by Crippen LogP contribution is -2.53. The molecule has 1 aromatic rings. The van der Waals surface area contributed by atoms with Crippen LogP contribution in [0.5, 0.6) is 0 Å². The SMILES string of the molecule is CC(C)C(NS(=O)(=O)c1ccc(Br)cc1)C(=O)N1CCC[C@H]1C(=O)O. The maximum absolute atomic E-state index is 12.8. The third-order valence-corrected chi connectivity index (χ3v) is 6.15. The molecular weight excluding hydrogens is 412 g/mol. The summed E-state index contributed by atoms with van der Waals surface area (Å²) < 4.78 is 28.3. The van der Waals surface area contributed by atoms with Crippen LogP contribution in [0.25, 0.3) is 0 Å². The van der Waals surface area contributed by atoms with E-state index in [9.17, 15) is 23.1 Å². The van der Waals surface area contributed by atoms with Gasteiger partial charge in [0, 0.05) is 11.0 Å². The first kappa shape index (κ1) is 19.9. The molecule has 0 radical (unpaired) electrons. The van der Waals surface area contributed by atoms with Crippen LogP contribution in [0.15, 0.2) is 33.6 Å². The van der Waals surface area contributed by atoms with E-state index in [0.29, 0.717) is 19.4 Å². The van der Waals surface area contributed by atoms with Gasteiger partial charge in [0.15, 0.2) is 0 Å². The van der Waals surface area contributed by atoms with Crippen LogP contribution in [0.4, 0.5) is 0 Å². The second kappa shape index (κ2) is 7.84. The summed E-state index contributed by atoms with van der Waals surface area (Å²) in [7, 11) is -3.90. The molecule has 1 unspecified atom stereocenters. The number of likely N-dealkylation sites (tertiary alicyclic amines) is 1. The lowest BCUT2D eigenvalue weighted by molar-refractivity contribution is -0.149. The molecule has 7 nitrogen and oxygen atoms in total. The number of rotatable bonds is 6. The van der Waals surface area contributed by atoms with Crippen molar-refractivity contribution in [2.24, 2.45) is 5.92 Å². The van der Waals surface area contributed by atoms with Gasteiger partial charge in [0.1, 0.15) is 12.1 Å². The number of halogens is 1. The van der Waals surface area contributed by atoms with Crippen LogP contribution in [0, 0.1) is 5.92 Å². The average Bonchev–Trinajstić information content (AvgIpc) is 3.02. The number of hydrogen-bond donors (Lipinski definition) is 2. The molecular formula is C16H21BrN2O5S. The first-order valence-electron chi connectivity index (χ1n) is 7.94. The van der Waals surface area contributed by atoms with Gasteiger partial charge in [-0.1, -0.05) is 29.8 Å². The number of aliphatic carboxylic acids is 1. The molecule has 9 heteroatoms. The molecule has 25 heavy (non-hydrogen) atoms. The number of sulfonamides is 1. The van der Waals surface area contributed by atoms with Gasteiger partial charge in [-0.05, 0) is 43.0 Å². The van der Waals surface area contributed by atoms with Crippen molar-refractivity contribution in [3.05, 3.63) is 28.7 Å². The maximum atomic E-state index is 12.8. The molecule has 138 valence electrons. The maximum Gasteiger partial charge on any atom is 0.326 e. The average molecular weight is 433 g/mol. The zero-order valence-corrected chi connectivity index (χ0v) is 16.4. The number of nitrogens with one attached hydrogen (secondary N) is 1. The molecule has 1 aromatic carbocycles. The summed E-state index contributed by atoms with van der Waals surface area (Å²) in [5.41, 5.74) is 0. The number of amides is 1. The van der Waals surface area contributed by atoms with Gasteiger partial charge < -0.3 is 10.0 Å². The number of carbonyl (C=O) groups excluding carboxylic acids is 1. The van der Waals surface area contributed by atoms with Crippen LogP contribution < -0.4 is 4.72 Å². The molecule has 1 fully saturated rings. The number of benzene rings is 1. The highest BCUT2D eigenvalue weighted by Crippen LogP contribution is 2.22. The van der Waals surface area contributed by atoms with E-state index in [1.807, 2.05) is 0 Å². The molecule has 1 amide bonds. The number of nitrogens with zero attached hydrogens (tertiary/aromatic N) is 1. The van der Waals surface area contributed by atoms with Crippen LogP contribution in [-0.2, 0) is 19.6 Å². The fourth-order valence-electron chi connectivity index (χ4n) is 2.79. The summed E-state index contributed by atoms with van der Waals surface area (Å²) in [6.07, 6.45) is 0.971. The topological polar surface area (TPSA) is 104 Å². The molecule has 1 saturated heterocycles. The van der Waals surface area contributed by atoms with Crippen molar-refractivity contribution in [1.82, 2.24) is 9.62 Å². The second-order valence-corrected chi connectivity index (χ2v) is 8.95. The van der Waals surface area contributed by atoms with E-state index in [2.05, 4.69) is 20.7 Å². The fourth-order valence-corrected chi connectivity index (χ4v) is 4.39. The van der Waals surface area contributed by atoms with E-state index in [1.54, 1.807) is 26.0 Å². The molecule has 1 aliphatic rings. The molecule has 0 saturated carbocycles. The van der Waals surface area contributed by atoms with Crippen LogP contribution in [0.3, 0.4) is 0 Å². The van der Waals surface area contributed by atoms with E-state index < -0.39 is 34.0 Å². The Kier molecular flexibility index (Phi) is 6.23. The van der Waals surface area contributed by atoms with E-state index in [1.165, 1.54) is 17.0 Å². The molecule has 2 atom stereocenters.